The van der Waals surface area contributed by atoms with Gasteiger partial charge in [0.2, 0.25) is 0 Å². The van der Waals surface area contributed by atoms with Crippen LogP contribution in [0.2, 0.25) is 0 Å². The van der Waals surface area contributed by atoms with Crippen LogP contribution in [-0.4, -0.2) is 39.4 Å². The molecule has 0 saturated heterocycles. The van der Waals surface area contributed by atoms with Gasteiger partial charge in [0.25, 0.3) is 0 Å². The molecule has 0 atom stereocenters. The Morgan fingerprint density at radius 3 is 1.35 bits per heavy atom. The van der Waals surface area contributed by atoms with Crippen LogP contribution in [-0.2, 0) is 19.1 Å². The van der Waals surface area contributed by atoms with E-state index in [9.17, 15) is 9.59 Å². The van der Waals surface area contributed by atoms with E-state index in [0.29, 0.717) is 36.2 Å². The third kappa shape index (κ3) is 14.8. The summed E-state index contributed by atoms with van der Waals surface area (Å²) in [6, 6.07) is 10.8. The van der Waals surface area contributed by atoms with Gasteiger partial charge in [-0.15, -0.1) is 0 Å². The Labute approximate surface area is 258 Å². The zero-order valence-corrected chi connectivity index (χ0v) is 26.5. The van der Waals surface area contributed by atoms with Gasteiger partial charge >= 0.3 is 11.9 Å². The molecule has 0 radical (unpaired) electrons. The van der Waals surface area contributed by atoms with Gasteiger partial charge in [0, 0.05) is 12.2 Å². The molecule has 0 aliphatic heterocycles. The molecule has 0 heterocycles. The molecule has 0 N–H and O–H groups in total. The molecule has 0 aliphatic rings. The zero-order chi connectivity index (χ0) is 31.1. The zero-order valence-electron chi connectivity index (χ0n) is 26.5. The fraction of sp³-hybridized carbons (Fsp3) is 0.500. The van der Waals surface area contributed by atoms with Crippen molar-refractivity contribution >= 4 is 24.1 Å². The molecule has 0 aliphatic carbocycles. The van der Waals surface area contributed by atoms with Crippen LogP contribution in [0.4, 0.5) is 0 Å². The number of rotatable bonds is 22. The maximum absolute atomic E-state index is 12.2. The predicted molar refractivity (Wildman–Crippen MR) is 173 cm³/mol. The molecule has 43 heavy (non-hydrogen) atoms. The largest absolute Gasteiger partial charge is 0.493 e. The van der Waals surface area contributed by atoms with E-state index in [1.165, 1.54) is 63.5 Å². The van der Waals surface area contributed by atoms with E-state index in [4.69, 9.17) is 23.7 Å². The van der Waals surface area contributed by atoms with Crippen LogP contribution < -0.4 is 14.2 Å². The molecule has 0 bridgehead atoms. The van der Waals surface area contributed by atoms with E-state index in [1.54, 1.807) is 50.6 Å². The number of methoxy groups -OCH3 is 2. The smallest absolute Gasteiger partial charge is 0.330 e. The van der Waals surface area contributed by atoms with Crippen LogP contribution in [0.15, 0.2) is 48.6 Å². The quantitative estimate of drug-likeness (QED) is 0.0763. The minimum Gasteiger partial charge on any atom is -0.493 e. The highest BCUT2D eigenvalue weighted by molar-refractivity contribution is 5.87. The van der Waals surface area contributed by atoms with E-state index in [0.717, 1.165) is 36.8 Å². The highest BCUT2D eigenvalue weighted by Crippen LogP contribution is 2.38. The number of unbranched alkanes of at least 4 members (excludes halogenated alkanes) is 10. The van der Waals surface area contributed by atoms with Gasteiger partial charge in [0.15, 0.2) is 23.0 Å². The molecule has 0 amide bonds. The number of benzene rings is 2. The number of carbonyl (C=O) groups excluding carboxylic acids is 2. The Bertz CT molecular complexity index is 1060. The highest BCUT2D eigenvalue weighted by Gasteiger charge is 2.12. The van der Waals surface area contributed by atoms with E-state index in [2.05, 4.69) is 13.8 Å². The lowest BCUT2D eigenvalue weighted by Gasteiger charge is -2.14. The van der Waals surface area contributed by atoms with Crippen molar-refractivity contribution in [3.05, 3.63) is 59.7 Å². The van der Waals surface area contributed by atoms with Crippen molar-refractivity contribution in [3.8, 4) is 23.0 Å². The second kappa shape index (κ2) is 21.9. The van der Waals surface area contributed by atoms with E-state index >= 15 is 0 Å². The fourth-order valence-corrected chi connectivity index (χ4v) is 4.41. The van der Waals surface area contributed by atoms with Crippen molar-refractivity contribution in [1.82, 2.24) is 0 Å². The van der Waals surface area contributed by atoms with Crippen molar-refractivity contribution in [1.29, 1.82) is 0 Å². The third-order valence-electron chi connectivity index (χ3n) is 6.90. The summed E-state index contributed by atoms with van der Waals surface area (Å²) in [7, 11) is 3.12. The Kier molecular flexibility index (Phi) is 18.0. The van der Waals surface area contributed by atoms with Crippen LogP contribution in [0, 0.1) is 0 Å². The summed E-state index contributed by atoms with van der Waals surface area (Å²) in [5.74, 6) is 1.18. The van der Waals surface area contributed by atoms with Crippen LogP contribution in [0.3, 0.4) is 0 Å². The van der Waals surface area contributed by atoms with Crippen molar-refractivity contribution in [2.45, 2.75) is 90.9 Å². The summed E-state index contributed by atoms with van der Waals surface area (Å²) in [4.78, 5) is 24.4. The summed E-state index contributed by atoms with van der Waals surface area (Å²) in [6.07, 6.45) is 19.8. The summed E-state index contributed by atoms with van der Waals surface area (Å²) >= 11 is 0. The molecule has 0 aromatic heterocycles. The second-order valence-electron chi connectivity index (χ2n) is 10.5. The molecule has 0 spiro atoms. The van der Waals surface area contributed by atoms with Gasteiger partial charge in [-0.3, -0.25) is 0 Å². The van der Waals surface area contributed by atoms with Gasteiger partial charge in [-0.05, 0) is 60.4 Å². The lowest BCUT2D eigenvalue weighted by atomic mass is 10.1. The van der Waals surface area contributed by atoms with Gasteiger partial charge < -0.3 is 23.7 Å². The third-order valence-corrected chi connectivity index (χ3v) is 6.90. The molecule has 0 saturated carbocycles. The fourth-order valence-electron chi connectivity index (χ4n) is 4.41. The average molecular weight is 595 g/mol. The number of hydrogen-bond acceptors (Lipinski definition) is 7. The number of esters is 2. The lowest BCUT2D eigenvalue weighted by molar-refractivity contribution is -0.138. The Hall–Kier alpha value is -3.74. The SMILES string of the molecule is CCCCCCCCOC(=O)C=Cc1ccc(OC)c(Oc2cc(C=CC(=O)OCCCCCCCC)ccc2OC)c1. The highest BCUT2D eigenvalue weighted by atomic mass is 16.5. The van der Waals surface area contributed by atoms with E-state index < -0.39 is 0 Å². The Balaban J connectivity index is 1.98. The second-order valence-corrected chi connectivity index (χ2v) is 10.5. The molecule has 2 aromatic carbocycles. The molecule has 2 aromatic rings. The average Bonchev–Trinajstić information content (AvgIpc) is 3.02. The molecule has 2 rings (SSSR count). The van der Waals surface area contributed by atoms with Crippen molar-refractivity contribution < 1.29 is 33.3 Å². The van der Waals surface area contributed by atoms with Gasteiger partial charge in [-0.25, -0.2) is 9.59 Å². The molecule has 7 nitrogen and oxygen atoms in total. The van der Waals surface area contributed by atoms with Crippen molar-refractivity contribution in [3.63, 3.8) is 0 Å². The molecule has 0 unspecified atom stereocenters. The Morgan fingerprint density at radius 1 is 0.558 bits per heavy atom. The Morgan fingerprint density at radius 2 is 0.953 bits per heavy atom. The minimum atomic E-state index is -0.376. The first-order valence-corrected chi connectivity index (χ1v) is 15.7. The number of hydrogen-bond donors (Lipinski definition) is 0. The monoisotopic (exact) mass is 594 g/mol. The summed E-state index contributed by atoms with van der Waals surface area (Å²) in [5, 5.41) is 0. The van der Waals surface area contributed by atoms with Crippen LogP contribution >= 0.6 is 0 Å². The van der Waals surface area contributed by atoms with Gasteiger partial charge in [0.05, 0.1) is 27.4 Å². The summed E-state index contributed by atoms with van der Waals surface area (Å²) in [5.41, 5.74) is 1.49. The topological polar surface area (TPSA) is 80.3 Å². The lowest BCUT2D eigenvalue weighted by Crippen LogP contribution is -2.02. The van der Waals surface area contributed by atoms with E-state index in [1.807, 2.05) is 12.1 Å². The molecule has 236 valence electrons. The number of ether oxygens (including phenoxy) is 5. The van der Waals surface area contributed by atoms with Gasteiger partial charge in [-0.2, -0.15) is 0 Å². The maximum Gasteiger partial charge on any atom is 0.330 e. The first-order chi connectivity index (χ1) is 21.0. The van der Waals surface area contributed by atoms with Gasteiger partial charge in [-0.1, -0.05) is 90.2 Å². The summed E-state index contributed by atoms with van der Waals surface area (Å²) in [6.45, 7) is 5.23. The van der Waals surface area contributed by atoms with Crippen LogP contribution in [0.5, 0.6) is 23.0 Å². The van der Waals surface area contributed by atoms with E-state index in [-0.39, 0.29) is 11.9 Å². The first kappa shape index (κ1) is 35.5. The standard InChI is InChI=1S/C36H50O7/c1-5-7-9-11-13-15-25-41-35(37)23-19-29-17-21-31(39-3)33(27-29)43-34-28-30(18-22-32(34)40-4)20-24-36(38)42-26-16-14-12-10-8-6-2/h17-24,27-28H,5-16,25-26H2,1-4H3. The normalized spacial score (nSPS) is 11.2. The molecule has 0 fully saturated rings. The predicted octanol–water partition coefficient (Wildman–Crippen LogP) is 9.33. The number of carbonyl (C=O) groups is 2. The molecular formula is C36H50O7. The maximum atomic E-state index is 12.2. The van der Waals surface area contributed by atoms with Crippen molar-refractivity contribution in [2.24, 2.45) is 0 Å². The minimum absolute atomic E-state index is 0.376. The van der Waals surface area contributed by atoms with Crippen molar-refractivity contribution in [2.75, 3.05) is 27.4 Å². The van der Waals surface area contributed by atoms with Crippen LogP contribution in [0.1, 0.15) is 102 Å². The summed E-state index contributed by atoms with van der Waals surface area (Å²) < 4.78 is 27.9. The molecule has 7 heteroatoms. The first-order valence-electron chi connectivity index (χ1n) is 15.7. The van der Waals surface area contributed by atoms with Gasteiger partial charge in [0.1, 0.15) is 0 Å². The molecular weight excluding hydrogens is 544 g/mol. The van der Waals surface area contributed by atoms with Crippen LogP contribution in [0.25, 0.3) is 12.2 Å².